The maximum absolute atomic E-state index is 3.65. The second-order valence-corrected chi connectivity index (χ2v) is 5.97. The molecule has 0 aromatic rings. The van der Waals surface area contributed by atoms with Crippen LogP contribution in [0.5, 0.6) is 0 Å². The third kappa shape index (κ3) is 7.05. The lowest BCUT2D eigenvalue weighted by molar-refractivity contribution is 0.154. The van der Waals surface area contributed by atoms with Crippen LogP contribution in [-0.2, 0) is 0 Å². The summed E-state index contributed by atoms with van der Waals surface area (Å²) < 4.78 is 0. The molecule has 2 nitrogen and oxygen atoms in total. The zero-order valence-electron chi connectivity index (χ0n) is 13.0. The summed E-state index contributed by atoms with van der Waals surface area (Å²) in [6.45, 7) is 16.2. The van der Waals surface area contributed by atoms with E-state index in [1.54, 1.807) is 0 Å². The van der Waals surface area contributed by atoms with Crippen LogP contribution in [0, 0.1) is 11.3 Å². The average Bonchev–Trinajstić information content (AvgIpc) is 2.27. The van der Waals surface area contributed by atoms with Crippen molar-refractivity contribution in [3.05, 3.63) is 0 Å². The van der Waals surface area contributed by atoms with Gasteiger partial charge in [-0.1, -0.05) is 34.6 Å². The number of hydrogen-bond acceptors (Lipinski definition) is 2. The Morgan fingerprint density at radius 3 is 2.12 bits per heavy atom. The zero-order valence-corrected chi connectivity index (χ0v) is 13.0. The summed E-state index contributed by atoms with van der Waals surface area (Å²) in [5.41, 5.74) is 0.457. The summed E-state index contributed by atoms with van der Waals surface area (Å²) in [6.07, 6.45) is 3.78. The van der Waals surface area contributed by atoms with Gasteiger partial charge in [0, 0.05) is 13.1 Å². The van der Waals surface area contributed by atoms with E-state index in [4.69, 9.17) is 0 Å². The minimum absolute atomic E-state index is 0.457. The molecule has 0 saturated heterocycles. The van der Waals surface area contributed by atoms with Gasteiger partial charge >= 0.3 is 0 Å². The Labute approximate surface area is 109 Å². The van der Waals surface area contributed by atoms with Crippen LogP contribution in [0.1, 0.15) is 53.9 Å². The lowest BCUT2D eigenvalue weighted by atomic mass is 9.81. The summed E-state index contributed by atoms with van der Waals surface area (Å²) in [5.74, 6) is 0.745. The highest BCUT2D eigenvalue weighted by Gasteiger charge is 2.27. The molecule has 2 heteroatoms. The molecule has 0 aromatic carbocycles. The highest BCUT2D eigenvalue weighted by molar-refractivity contribution is 4.82. The number of hydrogen-bond donors (Lipinski definition) is 1. The molecule has 0 aliphatic heterocycles. The normalized spacial score (nSPS) is 12.7. The van der Waals surface area contributed by atoms with E-state index in [2.05, 4.69) is 51.9 Å². The predicted molar refractivity (Wildman–Crippen MR) is 78.5 cm³/mol. The second-order valence-electron chi connectivity index (χ2n) is 5.97. The van der Waals surface area contributed by atoms with Gasteiger partial charge in [0.05, 0.1) is 0 Å². The van der Waals surface area contributed by atoms with E-state index >= 15 is 0 Å². The fraction of sp³-hybridized carbons (Fsp3) is 1.00. The molecule has 0 aliphatic rings. The molecule has 0 aliphatic carbocycles. The first kappa shape index (κ1) is 16.9. The summed E-state index contributed by atoms with van der Waals surface area (Å²) in [5, 5.41) is 3.65. The van der Waals surface area contributed by atoms with Gasteiger partial charge in [-0.05, 0) is 50.7 Å². The lowest BCUT2D eigenvalue weighted by Gasteiger charge is -2.36. The lowest BCUT2D eigenvalue weighted by Crippen LogP contribution is -2.43. The van der Waals surface area contributed by atoms with Gasteiger partial charge in [0.1, 0.15) is 0 Å². The van der Waals surface area contributed by atoms with Crippen molar-refractivity contribution in [1.82, 2.24) is 10.2 Å². The van der Waals surface area contributed by atoms with Crippen molar-refractivity contribution in [2.45, 2.75) is 53.9 Å². The SMILES string of the molecule is CCCN(C)CC(CC)(CC)CNCC(C)C. The number of nitrogens with one attached hydrogen (secondary N) is 1. The van der Waals surface area contributed by atoms with Crippen LogP contribution in [0.4, 0.5) is 0 Å². The van der Waals surface area contributed by atoms with Crippen LogP contribution in [0.15, 0.2) is 0 Å². The van der Waals surface area contributed by atoms with Crippen LogP contribution >= 0.6 is 0 Å². The fourth-order valence-electron chi connectivity index (χ4n) is 2.44. The van der Waals surface area contributed by atoms with Gasteiger partial charge in [-0.2, -0.15) is 0 Å². The maximum atomic E-state index is 3.65. The molecule has 0 spiro atoms. The Morgan fingerprint density at radius 2 is 1.71 bits per heavy atom. The molecule has 0 heterocycles. The molecule has 0 fully saturated rings. The van der Waals surface area contributed by atoms with Crippen molar-refractivity contribution in [2.75, 3.05) is 33.2 Å². The Bertz CT molecular complexity index is 174. The van der Waals surface area contributed by atoms with E-state index in [0.29, 0.717) is 5.41 Å². The van der Waals surface area contributed by atoms with Crippen molar-refractivity contribution >= 4 is 0 Å². The molecule has 0 radical (unpaired) electrons. The van der Waals surface area contributed by atoms with E-state index in [0.717, 1.165) is 19.0 Å². The quantitative estimate of drug-likeness (QED) is 0.632. The largest absolute Gasteiger partial charge is 0.316 e. The van der Waals surface area contributed by atoms with E-state index in [-0.39, 0.29) is 0 Å². The molecule has 0 bridgehead atoms. The van der Waals surface area contributed by atoms with Crippen molar-refractivity contribution in [3.63, 3.8) is 0 Å². The van der Waals surface area contributed by atoms with Gasteiger partial charge in [0.2, 0.25) is 0 Å². The van der Waals surface area contributed by atoms with Gasteiger partial charge in [-0.15, -0.1) is 0 Å². The standard InChI is InChI=1S/C15H34N2/c1-7-10-17(6)13-15(8-2,9-3)12-16-11-14(4)5/h14,16H,7-13H2,1-6H3. The van der Waals surface area contributed by atoms with Gasteiger partial charge in [0.15, 0.2) is 0 Å². The van der Waals surface area contributed by atoms with Crippen molar-refractivity contribution in [1.29, 1.82) is 0 Å². The van der Waals surface area contributed by atoms with Crippen LogP contribution in [-0.4, -0.2) is 38.1 Å². The molecule has 0 unspecified atom stereocenters. The van der Waals surface area contributed by atoms with Crippen molar-refractivity contribution in [3.8, 4) is 0 Å². The summed E-state index contributed by atoms with van der Waals surface area (Å²) in [7, 11) is 2.26. The van der Waals surface area contributed by atoms with Gasteiger partial charge in [-0.25, -0.2) is 0 Å². The molecule has 104 valence electrons. The van der Waals surface area contributed by atoms with Crippen molar-refractivity contribution < 1.29 is 0 Å². The third-order valence-corrected chi connectivity index (χ3v) is 3.76. The third-order valence-electron chi connectivity index (χ3n) is 3.76. The van der Waals surface area contributed by atoms with Gasteiger partial charge in [0.25, 0.3) is 0 Å². The first-order valence-corrected chi connectivity index (χ1v) is 7.39. The smallest absolute Gasteiger partial charge is 0.00469 e. The Balaban J connectivity index is 4.23. The topological polar surface area (TPSA) is 15.3 Å². The summed E-state index contributed by atoms with van der Waals surface area (Å²) in [6, 6.07) is 0. The Hall–Kier alpha value is -0.0800. The minimum Gasteiger partial charge on any atom is -0.316 e. The minimum atomic E-state index is 0.457. The second kappa shape index (κ2) is 8.93. The van der Waals surface area contributed by atoms with Crippen LogP contribution in [0.2, 0.25) is 0 Å². The highest BCUT2D eigenvalue weighted by atomic mass is 15.1. The van der Waals surface area contributed by atoms with Gasteiger partial charge in [-0.3, -0.25) is 0 Å². The Morgan fingerprint density at radius 1 is 1.12 bits per heavy atom. The van der Waals surface area contributed by atoms with E-state index < -0.39 is 0 Å². The maximum Gasteiger partial charge on any atom is 0.00469 e. The number of rotatable bonds is 10. The molecule has 17 heavy (non-hydrogen) atoms. The molecule has 0 saturated carbocycles. The first-order valence-electron chi connectivity index (χ1n) is 7.39. The number of nitrogens with zero attached hydrogens (tertiary/aromatic N) is 1. The van der Waals surface area contributed by atoms with E-state index in [9.17, 15) is 0 Å². The van der Waals surface area contributed by atoms with Crippen LogP contribution < -0.4 is 5.32 Å². The fourth-order valence-corrected chi connectivity index (χ4v) is 2.44. The average molecular weight is 242 g/mol. The molecule has 0 rings (SSSR count). The monoisotopic (exact) mass is 242 g/mol. The van der Waals surface area contributed by atoms with E-state index in [1.807, 2.05) is 0 Å². The van der Waals surface area contributed by atoms with Crippen molar-refractivity contribution in [2.24, 2.45) is 11.3 Å². The summed E-state index contributed by atoms with van der Waals surface area (Å²) >= 11 is 0. The molecule has 1 N–H and O–H groups in total. The zero-order chi connectivity index (χ0) is 13.3. The predicted octanol–water partition coefficient (Wildman–Crippen LogP) is 3.38. The molecule has 0 amide bonds. The first-order chi connectivity index (χ1) is 7.99. The van der Waals surface area contributed by atoms with E-state index in [1.165, 1.54) is 32.4 Å². The Kier molecular flexibility index (Phi) is 8.89. The van der Waals surface area contributed by atoms with Crippen LogP contribution in [0.25, 0.3) is 0 Å². The molecule has 0 atom stereocenters. The highest BCUT2D eigenvalue weighted by Crippen LogP contribution is 2.26. The molecular formula is C15H34N2. The summed E-state index contributed by atoms with van der Waals surface area (Å²) in [4.78, 5) is 2.49. The van der Waals surface area contributed by atoms with Crippen LogP contribution in [0.3, 0.4) is 0 Å². The molecule has 0 aromatic heterocycles. The van der Waals surface area contributed by atoms with Gasteiger partial charge < -0.3 is 10.2 Å². The molecular weight excluding hydrogens is 208 g/mol.